The summed E-state index contributed by atoms with van der Waals surface area (Å²) in [6.45, 7) is 7.71. The quantitative estimate of drug-likeness (QED) is 0.578. The molecule has 2 aromatic carbocycles. The zero-order valence-electron chi connectivity index (χ0n) is 20.1. The first-order chi connectivity index (χ1) is 16.5. The molecule has 0 aromatic heterocycles. The van der Waals surface area contributed by atoms with Gasteiger partial charge in [-0.05, 0) is 68.0 Å². The Kier molecular flexibility index (Phi) is 8.41. The van der Waals surface area contributed by atoms with Gasteiger partial charge in [-0.3, -0.25) is 9.69 Å². The van der Waals surface area contributed by atoms with Crippen molar-refractivity contribution in [1.29, 1.82) is 0 Å². The molecule has 1 N–H and O–H groups in total. The number of likely N-dealkylation sites (tertiary alicyclic amines) is 1. The highest BCUT2D eigenvalue weighted by Gasteiger charge is 2.27. The van der Waals surface area contributed by atoms with Crippen LogP contribution in [-0.2, 0) is 22.4 Å². The Morgan fingerprint density at radius 1 is 1.15 bits per heavy atom. The van der Waals surface area contributed by atoms with Crippen LogP contribution >= 0.6 is 11.6 Å². The number of benzene rings is 2. The van der Waals surface area contributed by atoms with E-state index in [-0.39, 0.29) is 11.8 Å². The first-order valence-electron chi connectivity index (χ1n) is 12.3. The standard InChI is InChI=1S/C28H34ClN3O2/c1-3-21-6-10-23(11-7-21)27-19-34-20(2)26(31-27)18-32-16-4-5-24(17-32)28(33)30-15-14-22-8-12-25(29)13-9-22/h6-13,24H,3-5,14-19H2,1-2H3,(H,30,33). The predicted molar refractivity (Wildman–Crippen MR) is 138 cm³/mol. The highest BCUT2D eigenvalue weighted by Crippen LogP contribution is 2.22. The Bertz CT molecular complexity index is 1040. The number of aliphatic imine (C=N–C) groups is 1. The second-order valence-corrected chi connectivity index (χ2v) is 9.58. The van der Waals surface area contributed by atoms with E-state index in [4.69, 9.17) is 21.3 Å². The van der Waals surface area contributed by atoms with E-state index in [0.29, 0.717) is 19.7 Å². The third-order valence-electron chi connectivity index (χ3n) is 6.67. The van der Waals surface area contributed by atoms with E-state index in [0.717, 1.165) is 66.5 Å². The van der Waals surface area contributed by atoms with Gasteiger partial charge >= 0.3 is 0 Å². The van der Waals surface area contributed by atoms with Crippen LogP contribution in [0.1, 0.15) is 43.4 Å². The fraction of sp³-hybridized carbons (Fsp3) is 0.429. The number of carbonyl (C=O) groups excluding carboxylic acids is 1. The summed E-state index contributed by atoms with van der Waals surface area (Å²) < 4.78 is 5.97. The predicted octanol–water partition coefficient (Wildman–Crippen LogP) is 5.02. The third-order valence-corrected chi connectivity index (χ3v) is 6.92. The Labute approximate surface area is 207 Å². The Morgan fingerprint density at radius 3 is 2.62 bits per heavy atom. The number of allylic oxidation sites excluding steroid dienone is 1. The first-order valence-corrected chi connectivity index (χ1v) is 12.6. The van der Waals surface area contributed by atoms with Crippen LogP contribution in [0.4, 0.5) is 0 Å². The summed E-state index contributed by atoms with van der Waals surface area (Å²) in [5, 5.41) is 3.85. The molecule has 0 bridgehead atoms. The molecular formula is C28H34ClN3O2. The molecule has 1 fully saturated rings. The molecule has 5 nitrogen and oxygen atoms in total. The molecule has 1 amide bonds. The van der Waals surface area contributed by atoms with Crippen LogP contribution in [-0.4, -0.2) is 49.3 Å². The van der Waals surface area contributed by atoms with Gasteiger partial charge in [-0.25, -0.2) is 4.99 Å². The van der Waals surface area contributed by atoms with Crippen molar-refractivity contribution in [2.45, 2.75) is 39.5 Å². The molecule has 34 heavy (non-hydrogen) atoms. The molecule has 0 radical (unpaired) electrons. The van der Waals surface area contributed by atoms with E-state index in [1.807, 2.05) is 31.2 Å². The maximum absolute atomic E-state index is 12.8. The molecule has 2 aliphatic rings. The fourth-order valence-electron chi connectivity index (χ4n) is 4.51. The molecule has 180 valence electrons. The molecule has 0 saturated carbocycles. The average Bonchev–Trinajstić information content (AvgIpc) is 2.87. The summed E-state index contributed by atoms with van der Waals surface area (Å²) in [6, 6.07) is 16.4. The van der Waals surface area contributed by atoms with Crippen LogP contribution in [0.3, 0.4) is 0 Å². The maximum Gasteiger partial charge on any atom is 0.224 e. The second kappa shape index (κ2) is 11.7. The maximum atomic E-state index is 12.8. The van der Waals surface area contributed by atoms with E-state index in [1.165, 1.54) is 11.1 Å². The number of aryl methyl sites for hydroxylation is 1. The molecule has 6 heteroatoms. The minimum atomic E-state index is 0.00872. The summed E-state index contributed by atoms with van der Waals surface area (Å²) >= 11 is 5.95. The van der Waals surface area contributed by atoms with Gasteiger partial charge in [0.15, 0.2) is 0 Å². The molecule has 1 atom stereocenters. The van der Waals surface area contributed by atoms with Gasteiger partial charge in [0.25, 0.3) is 0 Å². The topological polar surface area (TPSA) is 53.9 Å². The highest BCUT2D eigenvalue weighted by molar-refractivity contribution is 6.30. The molecule has 0 spiro atoms. The number of carbonyl (C=O) groups is 1. The zero-order chi connectivity index (χ0) is 23.9. The fourth-order valence-corrected chi connectivity index (χ4v) is 4.64. The average molecular weight is 480 g/mol. The zero-order valence-corrected chi connectivity index (χ0v) is 20.9. The van der Waals surface area contributed by atoms with Gasteiger partial charge < -0.3 is 10.1 Å². The van der Waals surface area contributed by atoms with Gasteiger partial charge in [-0.1, -0.05) is 54.9 Å². The van der Waals surface area contributed by atoms with Gasteiger partial charge in [0, 0.05) is 24.7 Å². The van der Waals surface area contributed by atoms with Crippen molar-refractivity contribution in [2.24, 2.45) is 10.9 Å². The number of halogens is 1. The first kappa shape index (κ1) is 24.5. The normalized spacial score (nSPS) is 18.9. The summed E-state index contributed by atoms with van der Waals surface area (Å²) in [4.78, 5) is 20.1. The lowest BCUT2D eigenvalue weighted by molar-refractivity contribution is -0.126. The van der Waals surface area contributed by atoms with Crippen LogP contribution in [0.25, 0.3) is 0 Å². The van der Waals surface area contributed by atoms with E-state index in [9.17, 15) is 4.79 Å². The van der Waals surface area contributed by atoms with Crippen molar-refractivity contribution in [3.63, 3.8) is 0 Å². The van der Waals surface area contributed by atoms with Crippen molar-refractivity contribution < 1.29 is 9.53 Å². The number of hydrogen-bond donors (Lipinski definition) is 1. The van der Waals surface area contributed by atoms with Crippen LogP contribution in [0, 0.1) is 5.92 Å². The lowest BCUT2D eigenvalue weighted by Gasteiger charge is -2.33. The molecule has 2 heterocycles. The molecule has 1 unspecified atom stereocenters. The van der Waals surface area contributed by atoms with Gasteiger partial charge in [-0.15, -0.1) is 0 Å². The van der Waals surface area contributed by atoms with Gasteiger partial charge in [0.2, 0.25) is 5.91 Å². The molecule has 2 aromatic rings. The lowest BCUT2D eigenvalue weighted by Crippen LogP contribution is -2.44. The monoisotopic (exact) mass is 479 g/mol. The summed E-state index contributed by atoms with van der Waals surface area (Å²) in [5.74, 6) is 1.03. The van der Waals surface area contributed by atoms with Crippen molar-refractivity contribution in [2.75, 3.05) is 32.8 Å². The Morgan fingerprint density at radius 2 is 1.88 bits per heavy atom. The lowest BCUT2D eigenvalue weighted by atomic mass is 9.96. The molecule has 4 rings (SSSR count). The minimum absolute atomic E-state index is 0.00872. The summed E-state index contributed by atoms with van der Waals surface area (Å²) in [5.41, 5.74) is 5.53. The van der Waals surface area contributed by atoms with Gasteiger partial charge in [0.1, 0.15) is 12.4 Å². The van der Waals surface area contributed by atoms with Crippen molar-refractivity contribution >= 4 is 23.2 Å². The van der Waals surface area contributed by atoms with Crippen molar-refractivity contribution in [3.05, 3.63) is 81.7 Å². The van der Waals surface area contributed by atoms with Gasteiger partial charge in [0.05, 0.1) is 17.3 Å². The number of hydrogen-bond acceptors (Lipinski definition) is 4. The summed E-state index contributed by atoms with van der Waals surface area (Å²) in [7, 11) is 0. The molecule has 1 saturated heterocycles. The highest BCUT2D eigenvalue weighted by atomic mass is 35.5. The Hall–Kier alpha value is -2.63. The Balaban J connectivity index is 1.31. The number of ether oxygens (including phenoxy) is 1. The van der Waals surface area contributed by atoms with Crippen LogP contribution in [0.5, 0.6) is 0 Å². The van der Waals surface area contributed by atoms with Crippen LogP contribution < -0.4 is 5.32 Å². The van der Waals surface area contributed by atoms with Crippen molar-refractivity contribution in [3.8, 4) is 0 Å². The summed E-state index contributed by atoms with van der Waals surface area (Å²) in [6.07, 6.45) is 3.77. The number of nitrogens with one attached hydrogen (secondary N) is 1. The molecule has 2 aliphatic heterocycles. The second-order valence-electron chi connectivity index (χ2n) is 9.14. The van der Waals surface area contributed by atoms with E-state index < -0.39 is 0 Å². The number of nitrogens with zero attached hydrogens (tertiary/aromatic N) is 2. The number of amides is 1. The smallest absolute Gasteiger partial charge is 0.224 e. The third kappa shape index (κ3) is 6.49. The van der Waals surface area contributed by atoms with E-state index >= 15 is 0 Å². The molecule has 0 aliphatic carbocycles. The van der Waals surface area contributed by atoms with Crippen molar-refractivity contribution in [1.82, 2.24) is 10.2 Å². The number of piperidine rings is 1. The van der Waals surface area contributed by atoms with Crippen LogP contribution in [0.2, 0.25) is 5.02 Å². The minimum Gasteiger partial charge on any atom is -0.490 e. The van der Waals surface area contributed by atoms with E-state index in [1.54, 1.807) is 0 Å². The SMILES string of the molecule is CCc1ccc(C2=NC(CN3CCCC(C(=O)NCCc4ccc(Cl)cc4)C3)=C(C)OC2)cc1. The van der Waals surface area contributed by atoms with Gasteiger partial charge in [-0.2, -0.15) is 0 Å². The number of rotatable bonds is 8. The van der Waals surface area contributed by atoms with Crippen LogP contribution in [0.15, 0.2) is 65.0 Å². The van der Waals surface area contributed by atoms with E-state index in [2.05, 4.69) is 41.4 Å². The largest absolute Gasteiger partial charge is 0.490 e. The molecular weight excluding hydrogens is 446 g/mol.